The molecule has 8 amide bonds. The number of nitrogens with one attached hydrogen (secondary N) is 8. The second kappa shape index (κ2) is 11.6. The molecule has 0 bridgehead atoms. The largest absolute Gasteiger partial charge is 0.323 e. The summed E-state index contributed by atoms with van der Waals surface area (Å²) in [5, 5.41) is 21.7. The van der Waals surface area contributed by atoms with Crippen LogP contribution in [0.4, 0.5) is 64.7 Å². The molecule has 1 aliphatic heterocycles. The number of hydrogen-bond donors (Lipinski definition) is 8. The number of rotatable bonds is 0. The summed E-state index contributed by atoms with van der Waals surface area (Å²) in [7, 11) is 0. The van der Waals surface area contributed by atoms with Crippen LogP contribution < -0.4 is 42.5 Å². The van der Waals surface area contributed by atoms with Crippen molar-refractivity contribution in [1.29, 1.82) is 0 Å². The Morgan fingerprint density at radius 2 is 0.375 bits per heavy atom. The van der Waals surface area contributed by atoms with Gasteiger partial charge in [-0.3, -0.25) is 0 Å². The first-order chi connectivity index (χ1) is 19.4. The minimum Gasteiger partial charge on any atom is -0.306 e. The van der Waals surface area contributed by atoms with E-state index < -0.39 is 24.1 Å². The van der Waals surface area contributed by atoms with Crippen molar-refractivity contribution in [2.24, 2.45) is 0 Å². The van der Waals surface area contributed by atoms with Gasteiger partial charge in [0.2, 0.25) is 0 Å². The number of carbonyl (C=O) groups is 4. The van der Waals surface area contributed by atoms with Gasteiger partial charge in [0, 0.05) is 0 Å². The smallest absolute Gasteiger partial charge is 0.306 e. The van der Waals surface area contributed by atoms with Crippen LogP contribution in [0.15, 0.2) is 97.1 Å². The topological polar surface area (TPSA) is 165 Å². The molecule has 12 nitrogen and oxygen atoms in total. The van der Waals surface area contributed by atoms with Crippen molar-refractivity contribution in [3.63, 3.8) is 0 Å². The van der Waals surface area contributed by atoms with Gasteiger partial charge in [0.25, 0.3) is 0 Å². The molecule has 40 heavy (non-hydrogen) atoms. The van der Waals surface area contributed by atoms with Crippen LogP contribution in [-0.2, 0) is 0 Å². The summed E-state index contributed by atoms with van der Waals surface area (Å²) in [5.41, 5.74) is 2.63. The van der Waals surface area contributed by atoms with Gasteiger partial charge in [0.05, 0.1) is 45.5 Å². The van der Waals surface area contributed by atoms with Crippen molar-refractivity contribution in [2.75, 3.05) is 42.5 Å². The molecule has 0 radical (unpaired) electrons. The third kappa shape index (κ3) is 6.26. The van der Waals surface area contributed by atoms with E-state index in [9.17, 15) is 19.2 Å². The number of fused-ring (bicyclic) bond motifs is 4. The molecule has 0 atom stereocenters. The standard InChI is InChI=1S/C28H24N8O4/c37-25-29-17-9-1-2-10-18(17)30-26(38)32-21-13-5-6-14-22(21)34-28(40)36-24-16-8-7-15-23(24)35-27(39)33-20-12-4-3-11-19(20)31-25/h1-16H,(H2,29,31,37)(H2,30,32,38)(H2,33,35,39)(H2,34,36,40). The van der Waals surface area contributed by atoms with Gasteiger partial charge in [-0.2, -0.15) is 0 Å². The molecule has 4 aromatic carbocycles. The van der Waals surface area contributed by atoms with Gasteiger partial charge < -0.3 is 42.5 Å². The maximum absolute atomic E-state index is 12.9. The number of carbonyl (C=O) groups excluding carboxylic acids is 4. The highest BCUT2D eigenvalue weighted by atomic mass is 16.2. The Labute approximate surface area is 228 Å². The number of para-hydroxylation sites is 8. The fourth-order valence-electron chi connectivity index (χ4n) is 3.91. The van der Waals surface area contributed by atoms with E-state index in [4.69, 9.17) is 0 Å². The Kier molecular flexibility index (Phi) is 7.40. The Morgan fingerprint density at radius 1 is 0.250 bits per heavy atom. The van der Waals surface area contributed by atoms with E-state index in [0.717, 1.165) is 0 Å². The molecule has 200 valence electrons. The Balaban J connectivity index is 1.49. The Morgan fingerprint density at radius 3 is 0.500 bits per heavy atom. The van der Waals surface area contributed by atoms with Crippen molar-refractivity contribution in [3.05, 3.63) is 97.1 Å². The number of benzene rings is 4. The molecule has 12 heteroatoms. The molecule has 1 aliphatic rings. The van der Waals surface area contributed by atoms with Gasteiger partial charge in [-0.1, -0.05) is 48.5 Å². The van der Waals surface area contributed by atoms with Crippen molar-refractivity contribution in [1.82, 2.24) is 0 Å². The SMILES string of the molecule is O=C1Nc2ccccc2NC(=O)Nc2ccccc2NC(=O)Nc2ccccc2NC(=O)Nc2ccccc2N1. The van der Waals surface area contributed by atoms with Crippen LogP contribution in [0.2, 0.25) is 0 Å². The first kappa shape index (κ1) is 25.6. The van der Waals surface area contributed by atoms with Gasteiger partial charge in [0.15, 0.2) is 0 Å². The normalized spacial score (nSPS) is 13.8. The van der Waals surface area contributed by atoms with Crippen LogP contribution in [0.3, 0.4) is 0 Å². The zero-order valence-corrected chi connectivity index (χ0v) is 20.9. The molecule has 0 saturated heterocycles. The molecule has 0 fully saturated rings. The van der Waals surface area contributed by atoms with Crippen LogP contribution in [-0.4, -0.2) is 24.1 Å². The lowest BCUT2D eigenvalue weighted by Crippen LogP contribution is -2.26. The molecule has 8 N–H and O–H groups in total. The zero-order chi connectivity index (χ0) is 27.9. The Hall–Kier alpha value is -6.04. The summed E-state index contributed by atoms with van der Waals surface area (Å²) in [5.74, 6) is 0. The summed E-state index contributed by atoms with van der Waals surface area (Å²) < 4.78 is 0. The number of hydrogen-bond acceptors (Lipinski definition) is 4. The van der Waals surface area contributed by atoms with Crippen LogP contribution in [0.5, 0.6) is 0 Å². The predicted molar refractivity (Wildman–Crippen MR) is 156 cm³/mol. The predicted octanol–water partition coefficient (Wildman–Crippen LogP) is 6.58. The number of urea groups is 4. The van der Waals surface area contributed by atoms with Crippen molar-refractivity contribution in [2.45, 2.75) is 0 Å². The number of anilines is 8. The van der Waals surface area contributed by atoms with E-state index in [1.807, 2.05) is 0 Å². The molecular weight excluding hydrogens is 512 g/mol. The van der Waals surface area contributed by atoms with Gasteiger partial charge in [0.1, 0.15) is 0 Å². The van der Waals surface area contributed by atoms with Crippen molar-refractivity contribution in [3.8, 4) is 0 Å². The van der Waals surface area contributed by atoms with E-state index in [1.165, 1.54) is 0 Å². The van der Waals surface area contributed by atoms with Gasteiger partial charge in [-0.25, -0.2) is 19.2 Å². The minimum atomic E-state index is -0.596. The molecule has 1 heterocycles. The molecule has 4 aromatic rings. The second-order valence-electron chi connectivity index (χ2n) is 8.50. The fraction of sp³-hybridized carbons (Fsp3) is 0. The average Bonchev–Trinajstić information content (AvgIpc) is 2.92. The fourth-order valence-corrected chi connectivity index (χ4v) is 3.91. The van der Waals surface area contributed by atoms with Crippen LogP contribution in [0, 0.1) is 0 Å². The first-order valence-corrected chi connectivity index (χ1v) is 12.1. The second-order valence-corrected chi connectivity index (χ2v) is 8.50. The summed E-state index contributed by atoms with van der Waals surface area (Å²) in [6, 6.07) is 24.2. The molecule has 5 rings (SSSR count). The lowest BCUT2D eigenvalue weighted by Gasteiger charge is -2.18. The van der Waals surface area contributed by atoms with E-state index in [0.29, 0.717) is 45.5 Å². The maximum atomic E-state index is 12.9. The maximum Gasteiger partial charge on any atom is 0.323 e. The van der Waals surface area contributed by atoms with E-state index in [2.05, 4.69) is 42.5 Å². The van der Waals surface area contributed by atoms with E-state index in [1.54, 1.807) is 97.1 Å². The highest BCUT2D eigenvalue weighted by Gasteiger charge is 2.16. The average molecular weight is 537 g/mol. The third-order valence-electron chi connectivity index (χ3n) is 5.69. The Bertz CT molecular complexity index is 1260. The summed E-state index contributed by atoms with van der Waals surface area (Å²) in [6.07, 6.45) is 0. The van der Waals surface area contributed by atoms with Gasteiger partial charge >= 0.3 is 24.1 Å². The molecule has 0 aliphatic carbocycles. The zero-order valence-electron chi connectivity index (χ0n) is 20.9. The molecule has 0 aromatic heterocycles. The van der Waals surface area contributed by atoms with Crippen LogP contribution >= 0.6 is 0 Å². The van der Waals surface area contributed by atoms with E-state index >= 15 is 0 Å². The van der Waals surface area contributed by atoms with E-state index in [-0.39, 0.29) is 0 Å². The molecule has 0 unspecified atom stereocenters. The first-order valence-electron chi connectivity index (χ1n) is 12.1. The lowest BCUT2D eigenvalue weighted by molar-refractivity contribution is 0.260. The van der Waals surface area contributed by atoms with Crippen LogP contribution in [0.1, 0.15) is 0 Å². The van der Waals surface area contributed by atoms with Gasteiger partial charge in [-0.15, -0.1) is 0 Å². The minimum absolute atomic E-state index is 0.329. The van der Waals surface area contributed by atoms with Gasteiger partial charge in [-0.05, 0) is 48.5 Å². The third-order valence-corrected chi connectivity index (χ3v) is 5.69. The van der Waals surface area contributed by atoms with Crippen molar-refractivity contribution < 1.29 is 19.2 Å². The molecule has 0 spiro atoms. The summed E-state index contributed by atoms with van der Waals surface area (Å²) in [6.45, 7) is 0. The quantitative estimate of drug-likeness (QED) is 0.127. The highest BCUT2D eigenvalue weighted by molar-refractivity contribution is 6.11. The van der Waals surface area contributed by atoms with Crippen molar-refractivity contribution >= 4 is 69.6 Å². The monoisotopic (exact) mass is 536 g/mol. The summed E-state index contributed by atoms with van der Waals surface area (Å²) in [4.78, 5) is 51.5. The molecule has 0 saturated carbocycles. The molecular formula is C28H24N8O4. The summed E-state index contributed by atoms with van der Waals surface area (Å²) >= 11 is 0. The number of amides is 8. The highest BCUT2D eigenvalue weighted by Crippen LogP contribution is 2.27. The van der Waals surface area contributed by atoms with Crippen LogP contribution in [0.25, 0.3) is 0 Å². The lowest BCUT2D eigenvalue weighted by atomic mass is 10.2.